The van der Waals surface area contributed by atoms with Crippen LogP contribution in [0, 0.1) is 3.57 Å². The van der Waals surface area contributed by atoms with Crippen LogP contribution in [0.2, 0.25) is 5.02 Å². The van der Waals surface area contributed by atoms with E-state index in [4.69, 9.17) is 11.6 Å². The molecule has 8 heteroatoms. The van der Waals surface area contributed by atoms with E-state index in [1.807, 2.05) is 24.3 Å². The van der Waals surface area contributed by atoms with E-state index in [0.717, 1.165) is 20.8 Å². The number of nitrogens with zero attached hydrogens (tertiary/aromatic N) is 2. The first-order valence-electron chi connectivity index (χ1n) is 7.84. The van der Waals surface area contributed by atoms with Gasteiger partial charge in [0.25, 0.3) is 0 Å². The number of rotatable bonds is 2. The highest BCUT2D eigenvalue weighted by Gasteiger charge is 2.36. The molecule has 0 spiro atoms. The van der Waals surface area contributed by atoms with Gasteiger partial charge in [-0.3, -0.25) is 0 Å². The average molecular weight is 490 g/mol. The number of nitrogens with one attached hydrogen (secondary N) is 1. The average Bonchev–Trinajstić information content (AvgIpc) is 3.17. The molecule has 0 amide bonds. The molecule has 0 unspecified atom stereocenters. The van der Waals surface area contributed by atoms with Crippen molar-refractivity contribution in [1.82, 2.24) is 9.78 Å². The molecule has 0 radical (unpaired) electrons. The summed E-state index contributed by atoms with van der Waals surface area (Å²) in [5, 5.41) is 7.75. The Morgan fingerprint density at radius 2 is 1.92 bits per heavy atom. The molecule has 0 saturated carbocycles. The van der Waals surface area contributed by atoms with Crippen molar-refractivity contribution in [3.8, 4) is 16.9 Å². The molecule has 0 saturated heterocycles. The molecule has 1 N–H and O–H groups in total. The van der Waals surface area contributed by atoms with Gasteiger partial charge < -0.3 is 5.32 Å². The zero-order chi connectivity index (χ0) is 18.5. The van der Waals surface area contributed by atoms with Crippen molar-refractivity contribution < 1.29 is 13.2 Å². The minimum absolute atomic E-state index is 0.0373. The van der Waals surface area contributed by atoms with Crippen molar-refractivity contribution in [1.29, 1.82) is 0 Å². The normalized spacial score (nSPS) is 13.6. The lowest BCUT2D eigenvalue weighted by Crippen LogP contribution is -2.13. The number of hydrogen-bond donors (Lipinski definition) is 1. The minimum atomic E-state index is -4.53. The van der Waals surface area contributed by atoms with Gasteiger partial charge in [0, 0.05) is 26.3 Å². The van der Waals surface area contributed by atoms with Crippen LogP contribution in [0.15, 0.2) is 42.5 Å². The third-order valence-corrected chi connectivity index (χ3v) is 5.45. The number of anilines is 1. The zero-order valence-corrected chi connectivity index (χ0v) is 16.2. The van der Waals surface area contributed by atoms with Crippen molar-refractivity contribution in [3.63, 3.8) is 0 Å². The second-order valence-electron chi connectivity index (χ2n) is 5.90. The van der Waals surface area contributed by atoms with Crippen molar-refractivity contribution in [2.45, 2.75) is 12.6 Å². The molecule has 0 bridgehead atoms. The predicted octanol–water partition coefficient (Wildman–Crippen LogP) is 5.78. The third-order valence-electron chi connectivity index (χ3n) is 4.27. The van der Waals surface area contributed by atoms with Crippen LogP contribution in [-0.4, -0.2) is 16.3 Å². The van der Waals surface area contributed by atoms with Gasteiger partial charge in [-0.05, 0) is 53.3 Å². The Morgan fingerprint density at radius 1 is 1.15 bits per heavy atom. The maximum atomic E-state index is 13.5. The van der Waals surface area contributed by atoms with Crippen molar-refractivity contribution in [2.24, 2.45) is 0 Å². The van der Waals surface area contributed by atoms with E-state index >= 15 is 0 Å². The van der Waals surface area contributed by atoms with Gasteiger partial charge in [-0.25, -0.2) is 4.68 Å². The quantitative estimate of drug-likeness (QED) is 0.462. The number of halogens is 5. The van der Waals surface area contributed by atoms with E-state index in [-0.39, 0.29) is 10.7 Å². The van der Waals surface area contributed by atoms with Gasteiger partial charge in [0.15, 0.2) is 0 Å². The predicted molar refractivity (Wildman–Crippen MR) is 104 cm³/mol. The Hall–Kier alpha value is -1.74. The number of benzene rings is 2. The molecule has 2 aromatic carbocycles. The van der Waals surface area contributed by atoms with Crippen LogP contribution < -0.4 is 5.32 Å². The van der Waals surface area contributed by atoms with Crippen LogP contribution in [0.5, 0.6) is 0 Å². The second kappa shape index (κ2) is 6.45. The minimum Gasteiger partial charge on any atom is -0.369 e. The van der Waals surface area contributed by atoms with Crippen LogP contribution >= 0.6 is 34.2 Å². The lowest BCUT2D eigenvalue weighted by atomic mass is 10.1. The summed E-state index contributed by atoms with van der Waals surface area (Å²) < 4.78 is 43.0. The first-order valence-corrected chi connectivity index (χ1v) is 9.29. The first-order chi connectivity index (χ1) is 12.4. The Labute approximate surface area is 166 Å². The molecule has 1 aromatic heterocycles. The summed E-state index contributed by atoms with van der Waals surface area (Å²) in [4.78, 5) is 0. The standard InChI is InChI=1S/C18H12ClF3IN3/c19-10-5-6-15(13(9-10)18(20,21)22)26-17-12(7-8-24-17)16(25-26)11-3-1-2-4-14(11)23/h1-6,9,24H,7-8H2. The van der Waals surface area contributed by atoms with Gasteiger partial charge in [0.05, 0.1) is 16.9 Å². The molecule has 4 rings (SSSR count). The van der Waals surface area contributed by atoms with Crippen molar-refractivity contribution in [2.75, 3.05) is 11.9 Å². The van der Waals surface area contributed by atoms with E-state index in [1.165, 1.54) is 16.8 Å². The third kappa shape index (κ3) is 2.96. The fourth-order valence-corrected chi connectivity index (χ4v) is 3.95. The lowest BCUT2D eigenvalue weighted by molar-refractivity contribution is -0.137. The lowest BCUT2D eigenvalue weighted by Gasteiger charge is -2.15. The fourth-order valence-electron chi connectivity index (χ4n) is 3.14. The largest absolute Gasteiger partial charge is 0.418 e. The van der Waals surface area contributed by atoms with Gasteiger partial charge in [0.2, 0.25) is 0 Å². The molecule has 0 atom stereocenters. The Kier molecular flexibility index (Phi) is 4.38. The smallest absolute Gasteiger partial charge is 0.369 e. The molecule has 0 aliphatic carbocycles. The highest BCUT2D eigenvalue weighted by Crippen LogP contribution is 2.40. The molecule has 134 valence electrons. The molecular weight excluding hydrogens is 478 g/mol. The van der Waals surface area contributed by atoms with E-state index in [2.05, 4.69) is 33.0 Å². The monoisotopic (exact) mass is 489 g/mol. The summed E-state index contributed by atoms with van der Waals surface area (Å²) >= 11 is 8.01. The summed E-state index contributed by atoms with van der Waals surface area (Å²) in [5.74, 6) is 0.604. The number of alkyl halides is 3. The molecule has 3 aromatic rings. The van der Waals surface area contributed by atoms with Crippen LogP contribution in [0.25, 0.3) is 16.9 Å². The SMILES string of the molecule is FC(F)(F)c1cc(Cl)ccc1-n1nc(-c2ccccc2I)c2c1NCC2. The maximum Gasteiger partial charge on any atom is 0.418 e. The van der Waals surface area contributed by atoms with Crippen molar-refractivity contribution in [3.05, 3.63) is 62.2 Å². The van der Waals surface area contributed by atoms with E-state index < -0.39 is 11.7 Å². The van der Waals surface area contributed by atoms with E-state index in [1.54, 1.807) is 0 Å². The van der Waals surface area contributed by atoms with Gasteiger partial charge in [-0.15, -0.1) is 0 Å². The second-order valence-corrected chi connectivity index (χ2v) is 7.50. The number of fused-ring (bicyclic) bond motifs is 1. The zero-order valence-electron chi connectivity index (χ0n) is 13.2. The Balaban J connectivity index is 1.96. The molecule has 3 nitrogen and oxygen atoms in total. The van der Waals surface area contributed by atoms with Crippen LogP contribution in [0.4, 0.5) is 19.0 Å². The molecule has 26 heavy (non-hydrogen) atoms. The Bertz CT molecular complexity index is 998. The van der Waals surface area contributed by atoms with Gasteiger partial charge >= 0.3 is 6.18 Å². The van der Waals surface area contributed by atoms with Crippen LogP contribution in [-0.2, 0) is 12.6 Å². The topological polar surface area (TPSA) is 29.9 Å². The summed E-state index contributed by atoms with van der Waals surface area (Å²) in [6.07, 6.45) is -3.82. The van der Waals surface area contributed by atoms with Crippen LogP contribution in [0.3, 0.4) is 0 Å². The van der Waals surface area contributed by atoms with Crippen molar-refractivity contribution >= 4 is 40.0 Å². The van der Waals surface area contributed by atoms with Gasteiger partial charge in [0.1, 0.15) is 5.82 Å². The fraction of sp³-hybridized carbons (Fsp3) is 0.167. The van der Waals surface area contributed by atoms with Crippen LogP contribution in [0.1, 0.15) is 11.1 Å². The first kappa shape index (κ1) is 17.7. The highest BCUT2D eigenvalue weighted by molar-refractivity contribution is 14.1. The molecule has 2 heterocycles. The summed E-state index contributed by atoms with van der Waals surface area (Å²) in [6, 6.07) is 11.4. The maximum absolute atomic E-state index is 13.5. The highest BCUT2D eigenvalue weighted by atomic mass is 127. The molecule has 1 aliphatic heterocycles. The number of aromatic nitrogens is 2. The molecule has 0 fully saturated rings. The van der Waals surface area contributed by atoms with Gasteiger partial charge in [-0.2, -0.15) is 18.3 Å². The summed E-state index contributed by atoms with van der Waals surface area (Å²) in [6.45, 7) is 0.665. The molecule has 1 aliphatic rings. The summed E-state index contributed by atoms with van der Waals surface area (Å²) in [5.41, 5.74) is 1.70. The van der Waals surface area contributed by atoms with E-state index in [0.29, 0.717) is 24.5 Å². The number of hydrogen-bond acceptors (Lipinski definition) is 2. The summed E-state index contributed by atoms with van der Waals surface area (Å²) in [7, 11) is 0. The van der Waals surface area contributed by atoms with Gasteiger partial charge in [-0.1, -0.05) is 29.8 Å². The Morgan fingerprint density at radius 3 is 2.65 bits per heavy atom. The molecular formula is C18H12ClF3IN3. The van der Waals surface area contributed by atoms with E-state index in [9.17, 15) is 13.2 Å².